The third-order valence-electron chi connectivity index (χ3n) is 5.51. The van der Waals surface area contributed by atoms with Crippen molar-refractivity contribution < 1.29 is 29.0 Å². The number of thioether (sulfide) groups is 1. The van der Waals surface area contributed by atoms with Crippen LogP contribution in [-0.4, -0.2) is 67.5 Å². The first-order valence-electron chi connectivity index (χ1n) is 10.6. The van der Waals surface area contributed by atoms with Crippen molar-refractivity contribution in [2.75, 3.05) is 32.3 Å². The molecule has 33 heavy (non-hydrogen) atoms. The van der Waals surface area contributed by atoms with Gasteiger partial charge in [-0.15, -0.1) is 0 Å². The summed E-state index contributed by atoms with van der Waals surface area (Å²) in [5.74, 6) is -1.30. The highest BCUT2D eigenvalue weighted by Crippen LogP contribution is 2.44. The minimum Gasteiger partial charge on any atom is -0.480 e. The average molecular weight is 473 g/mol. The smallest absolute Gasteiger partial charge is 0.407 e. The molecule has 0 heterocycles. The van der Waals surface area contributed by atoms with Gasteiger partial charge in [-0.2, -0.15) is 11.8 Å². The Balaban J connectivity index is 1.62. The number of methoxy groups -OCH3 is 1. The highest BCUT2D eigenvalue weighted by molar-refractivity contribution is 7.98. The Hall–Kier alpha value is -3.04. The van der Waals surface area contributed by atoms with E-state index in [0.717, 1.165) is 22.3 Å². The third kappa shape index (κ3) is 6.06. The highest BCUT2D eigenvalue weighted by atomic mass is 32.2. The first-order chi connectivity index (χ1) is 16.0. The van der Waals surface area contributed by atoms with Crippen LogP contribution in [0.15, 0.2) is 48.5 Å². The Morgan fingerprint density at radius 3 is 2.15 bits per heavy atom. The Morgan fingerprint density at radius 2 is 1.61 bits per heavy atom. The topological polar surface area (TPSA) is 114 Å². The maximum absolute atomic E-state index is 12.6. The van der Waals surface area contributed by atoms with E-state index in [-0.39, 0.29) is 25.6 Å². The molecule has 2 atom stereocenters. The summed E-state index contributed by atoms with van der Waals surface area (Å²) in [4.78, 5) is 36.5. The Labute approximate surface area is 197 Å². The zero-order valence-electron chi connectivity index (χ0n) is 18.6. The molecule has 9 heteroatoms. The maximum Gasteiger partial charge on any atom is 0.407 e. The maximum atomic E-state index is 12.6. The molecule has 0 bridgehead atoms. The number of nitrogens with one attached hydrogen (secondary N) is 2. The number of fused-ring (bicyclic) bond motifs is 3. The summed E-state index contributed by atoms with van der Waals surface area (Å²) >= 11 is 1.48. The van der Waals surface area contributed by atoms with Crippen molar-refractivity contribution in [2.45, 2.75) is 24.4 Å². The van der Waals surface area contributed by atoms with Crippen molar-refractivity contribution in [1.29, 1.82) is 0 Å². The van der Waals surface area contributed by atoms with Crippen molar-refractivity contribution in [2.24, 2.45) is 0 Å². The predicted molar refractivity (Wildman–Crippen MR) is 126 cm³/mol. The van der Waals surface area contributed by atoms with Crippen molar-refractivity contribution in [3.8, 4) is 11.1 Å². The average Bonchev–Trinajstić information content (AvgIpc) is 3.13. The van der Waals surface area contributed by atoms with Crippen LogP contribution < -0.4 is 10.6 Å². The van der Waals surface area contributed by atoms with Crippen molar-refractivity contribution in [1.82, 2.24) is 10.6 Å². The molecule has 0 aromatic heterocycles. The van der Waals surface area contributed by atoms with Crippen LogP contribution in [0.1, 0.15) is 23.5 Å². The summed E-state index contributed by atoms with van der Waals surface area (Å²) < 4.78 is 10.5. The van der Waals surface area contributed by atoms with Crippen LogP contribution in [0.25, 0.3) is 11.1 Å². The minimum atomic E-state index is -1.13. The zero-order chi connectivity index (χ0) is 23.8. The molecule has 3 rings (SSSR count). The molecular formula is C24H28N2O6S. The normalized spacial score (nSPS) is 14.0. The lowest BCUT2D eigenvalue weighted by atomic mass is 9.98. The van der Waals surface area contributed by atoms with E-state index in [1.54, 1.807) is 0 Å². The van der Waals surface area contributed by atoms with E-state index in [0.29, 0.717) is 5.75 Å². The van der Waals surface area contributed by atoms with Gasteiger partial charge in [0.15, 0.2) is 0 Å². The quantitative estimate of drug-likeness (QED) is 0.461. The second kappa shape index (κ2) is 11.7. The SMILES string of the molecule is COCC(NC(=O)OCC1c2ccccc2-c2ccccc21)C(=O)NC(CCSC)C(=O)O. The van der Waals surface area contributed by atoms with Crippen LogP contribution in [0.2, 0.25) is 0 Å². The fourth-order valence-electron chi connectivity index (χ4n) is 3.90. The van der Waals surface area contributed by atoms with E-state index >= 15 is 0 Å². The van der Waals surface area contributed by atoms with E-state index < -0.39 is 30.1 Å². The molecule has 0 radical (unpaired) electrons. The summed E-state index contributed by atoms with van der Waals surface area (Å²) in [5.41, 5.74) is 4.39. The van der Waals surface area contributed by atoms with E-state index in [9.17, 15) is 19.5 Å². The molecule has 1 aliphatic carbocycles. The number of amides is 2. The number of benzene rings is 2. The van der Waals surface area contributed by atoms with Gasteiger partial charge in [0.05, 0.1) is 6.61 Å². The second-order valence-electron chi connectivity index (χ2n) is 7.66. The molecule has 0 spiro atoms. The third-order valence-corrected chi connectivity index (χ3v) is 6.15. The largest absolute Gasteiger partial charge is 0.480 e. The Bertz CT molecular complexity index is 953. The van der Waals surface area contributed by atoms with Gasteiger partial charge in [-0.25, -0.2) is 9.59 Å². The van der Waals surface area contributed by atoms with E-state index in [4.69, 9.17) is 9.47 Å². The van der Waals surface area contributed by atoms with Crippen molar-refractivity contribution in [3.05, 3.63) is 59.7 Å². The molecule has 2 amide bonds. The van der Waals surface area contributed by atoms with E-state index in [1.165, 1.54) is 18.9 Å². The molecule has 0 saturated heterocycles. The fourth-order valence-corrected chi connectivity index (χ4v) is 4.37. The number of aliphatic carboxylic acids is 1. The molecular weight excluding hydrogens is 444 g/mol. The second-order valence-corrected chi connectivity index (χ2v) is 8.64. The van der Waals surface area contributed by atoms with Crippen LogP contribution in [0.3, 0.4) is 0 Å². The molecule has 2 aromatic rings. The lowest BCUT2D eigenvalue weighted by Crippen LogP contribution is -2.53. The highest BCUT2D eigenvalue weighted by Gasteiger charge is 2.30. The monoisotopic (exact) mass is 472 g/mol. The molecule has 0 aliphatic heterocycles. The first-order valence-corrected chi connectivity index (χ1v) is 12.0. The Morgan fingerprint density at radius 1 is 1.00 bits per heavy atom. The number of carboxylic acid groups (broad SMARTS) is 1. The Kier molecular flexibility index (Phi) is 8.73. The number of carboxylic acids is 1. The summed E-state index contributed by atoms with van der Waals surface area (Å²) in [6, 6.07) is 13.8. The van der Waals surface area contributed by atoms with Gasteiger partial charge in [0.1, 0.15) is 18.7 Å². The first kappa shape index (κ1) is 24.6. The number of hydrogen-bond donors (Lipinski definition) is 3. The summed E-state index contributed by atoms with van der Waals surface area (Å²) in [6.45, 7) is -0.0163. The van der Waals surface area contributed by atoms with Crippen LogP contribution in [0, 0.1) is 0 Å². The van der Waals surface area contributed by atoms with Crippen LogP contribution in [0.5, 0.6) is 0 Å². The molecule has 3 N–H and O–H groups in total. The van der Waals surface area contributed by atoms with Gasteiger partial charge < -0.3 is 25.2 Å². The molecule has 0 saturated carbocycles. The van der Waals surface area contributed by atoms with Gasteiger partial charge in [-0.1, -0.05) is 48.5 Å². The number of ether oxygens (including phenoxy) is 2. The summed E-state index contributed by atoms with van der Waals surface area (Å²) in [5, 5.41) is 14.3. The molecule has 2 unspecified atom stereocenters. The van der Waals surface area contributed by atoms with Crippen LogP contribution >= 0.6 is 11.8 Å². The van der Waals surface area contributed by atoms with Crippen LogP contribution in [0.4, 0.5) is 4.79 Å². The molecule has 8 nitrogen and oxygen atoms in total. The lowest BCUT2D eigenvalue weighted by Gasteiger charge is -2.21. The number of carbonyl (C=O) groups excluding carboxylic acids is 2. The molecule has 176 valence electrons. The van der Waals surface area contributed by atoms with Gasteiger partial charge in [0.2, 0.25) is 5.91 Å². The van der Waals surface area contributed by atoms with Crippen molar-refractivity contribution >= 4 is 29.7 Å². The van der Waals surface area contributed by atoms with Gasteiger partial charge in [0, 0.05) is 13.0 Å². The van der Waals surface area contributed by atoms with E-state index in [2.05, 4.69) is 10.6 Å². The number of alkyl carbamates (subject to hydrolysis) is 1. The zero-order valence-corrected chi connectivity index (χ0v) is 19.4. The van der Waals surface area contributed by atoms with Crippen molar-refractivity contribution in [3.63, 3.8) is 0 Å². The van der Waals surface area contributed by atoms with Gasteiger partial charge in [-0.05, 0) is 40.7 Å². The predicted octanol–water partition coefficient (Wildman–Crippen LogP) is 2.86. The molecule has 1 aliphatic rings. The minimum absolute atomic E-state index is 0.104. The number of carbonyl (C=O) groups is 3. The molecule has 2 aromatic carbocycles. The van der Waals surface area contributed by atoms with Gasteiger partial charge in [-0.3, -0.25) is 4.79 Å². The lowest BCUT2D eigenvalue weighted by molar-refractivity contribution is -0.142. The van der Waals surface area contributed by atoms with Crippen LogP contribution in [-0.2, 0) is 19.1 Å². The van der Waals surface area contributed by atoms with E-state index in [1.807, 2.05) is 54.8 Å². The molecule has 0 fully saturated rings. The summed E-state index contributed by atoms with van der Waals surface area (Å²) in [6.07, 6.45) is 1.35. The number of hydrogen-bond acceptors (Lipinski definition) is 6. The van der Waals surface area contributed by atoms with Gasteiger partial charge >= 0.3 is 12.1 Å². The standard InChI is InChI=1S/C24H28N2O6S/c1-31-14-21(22(27)25-20(23(28)29)11-12-33-2)26-24(30)32-13-19-17-9-5-3-7-15(17)16-8-4-6-10-18(16)19/h3-10,19-21H,11-14H2,1-2H3,(H,25,27)(H,26,30)(H,28,29). The van der Waals surface area contributed by atoms with Gasteiger partial charge in [0.25, 0.3) is 0 Å². The number of rotatable bonds is 11. The summed E-state index contributed by atoms with van der Waals surface area (Å²) in [7, 11) is 1.39. The fraction of sp³-hybridized carbons (Fsp3) is 0.375.